The van der Waals surface area contributed by atoms with Crippen molar-refractivity contribution in [2.75, 3.05) is 6.54 Å². The topological polar surface area (TPSA) is 26.0 Å². The summed E-state index contributed by atoms with van der Waals surface area (Å²) in [5.74, 6) is 0.656. The van der Waals surface area contributed by atoms with Crippen molar-refractivity contribution in [3.05, 3.63) is 35.4 Å². The lowest BCUT2D eigenvalue weighted by Crippen LogP contribution is -2.29. The van der Waals surface area contributed by atoms with Gasteiger partial charge in [0.1, 0.15) is 0 Å². The third-order valence-corrected chi connectivity index (χ3v) is 3.60. The van der Waals surface area contributed by atoms with Gasteiger partial charge in [0.2, 0.25) is 0 Å². The first-order valence-electron chi connectivity index (χ1n) is 5.43. The second-order valence-corrected chi connectivity index (χ2v) is 4.98. The zero-order valence-corrected chi connectivity index (χ0v) is 9.09. The van der Waals surface area contributed by atoms with Gasteiger partial charge in [-0.05, 0) is 41.8 Å². The molecule has 0 bridgehead atoms. The summed E-state index contributed by atoms with van der Waals surface area (Å²) in [5, 5.41) is 0. The Morgan fingerprint density at radius 2 is 2.07 bits per heavy atom. The zero-order valence-electron chi connectivity index (χ0n) is 9.09. The molecule has 1 heteroatoms. The molecule has 0 radical (unpaired) electrons. The molecule has 1 aliphatic carbocycles. The van der Waals surface area contributed by atoms with Crippen molar-refractivity contribution in [3.63, 3.8) is 0 Å². The van der Waals surface area contributed by atoms with Gasteiger partial charge < -0.3 is 5.73 Å². The molecule has 0 amide bonds. The molecule has 1 unspecified atom stereocenters. The number of aryl methyl sites for hydroxylation is 1. The molecule has 76 valence electrons. The van der Waals surface area contributed by atoms with Gasteiger partial charge in [0, 0.05) is 0 Å². The molecule has 1 atom stereocenters. The van der Waals surface area contributed by atoms with Crippen LogP contribution in [-0.4, -0.2) is 6.54 Å². The molecule has 0 aromatic heterocycles. The highest BCUT2D eigenvalue weighted by atomic mass is 14.6. The molecule has 0 spiro atoms. The van der Waals surface area contributed by atoms with Crippen molar-refractivity contribution >= 4 is 0 Å². The smallest absolute Gasteiger partial charge is 0.00200 e. The molecule has 0 aliphatic heterocycles. The predicted molar refractivity (Wildman–Crippen MR) is 60.3 cm³/mol. The SMILES string of the molecule is CC(C)(CN)C1CCc2ccccc21. The van der Waals surface area contributed by atoms with E-state index in [0.29, 0.717) is 5.92 Å². The van der Waals surface area contributed by atoms with Crippen molar-refractivity contribution in [2.24, 2.45) is 11.1 Å². The Hall–Kier alpha value is -0.820. The summed E-state index contributed by atoms with van der Waals surface area (Å²) in [6.45, 7) is 5.32. The molecule has 14 heavy (non-hydrogen) atoms. The highest BCUT2D eigenvalue weighted by Gasteiger charge is 2.33. The summed E-state index contributed by atoms with van der Waals surface area (Å²) >= 11 is 0. The molecule has 2 N–H and O–H groups in total. The van der Waals surface area contributed by atoms with E-state index < -0.39 is 0 Å². The minimum atomic E-state index is 0.243. The number of rotatable bonds is 2. The van der Waals surface area contributed by atoms with Crippen LogP contribution in [-0.2, 0) is 6.42 Å². The van der Waals surface area contributed by atoms with E-state index in [0.717, 1.165) is 6.54 Å². The molecule has 0 fully saturated rings. The molecule has 1 aliphatic rings. The van der Waals surface area contributed by atoms with E-state index in [1.54, 1.807) is 0 Å². The van der Waals surface area contributed by atoms with Gasteiger partial charge in [-0.3, -0.25) is 0 Å². The number of fused-ring (bicyclic) bond motifs is 1. The predicted octanol–water partition coefficient (Wildman–Crippen LogP) is 2.70. The fourth-order valence-corrected chi connectivity index (χ4v) is 2.51. The highest BCUT2D eigenvalue weighted by Crippen LogP contribution is 2.44. The van der Waals surface area contributed by atoms with Crippen LogP contribution in [0.25, 0.3) is 0 Å². The van der Waals surface area contributed by atoms with E-state index >= 15 is 0 Å². The zero-order chi connectivity index (χ0) is 10.2. The standard InChI is InChI=1S/C13H19N/c1-13(2,9-14)12-8-7-10-5-3-4-6-11(10)12/h3-6,12H,7-9,14H2,1-2H3. The highest BCUT2D eigenvalue weighted by molar-refractivity contribution is 5.36. The molecule has 1 aromatic rings. The van der Waals surface area contributed by atoms with E-state index in [-0.39, 0.29) is 5.41 Å². The Bertz CT molecular complexity index is 328. The van der Waals surface area contributed by atoms with E-state index in [1.165, 1.54) is 24.0 Å². The lowest BCUT2D eigenvalue weighted by molar-refractivity contribution is 0.294. The van der Waals surface area contributed by atoms with Gasteiger partial charge in [0.05, 0.1) is 0 Å². The van der Waals surface area contributed by atoms with Crippen LogP contribution in [0.1, 0.15) is 37.3 Å². The van der Waals surface area contributed by atoms with Crippen molar-refractivity contribution in [2.45, 2.75) is 32.6 Å². The number of hydrogen-bond donors (Lipinski definition) is 1. The van der Waals surface area contributed by atoms with Crippen LogP contribution in [0.2, 0.25) is 0 Å². The third kappa shape index (κ3) is 1.46. The first-order valence-corrected chi connectivity index (χ1v) is 5.43. The maximum absolute atomic E-state index is 5.84. The van der Waals surface area contributed by atoms with Gasteiger partial charge in [0.15, 0.2) is 0 Å². The van der Waals surface area contributed by atoms with Gasteiger partial charge >= 0.3 is 0 Å². The van der Waals surface area contributed by atoms with Crippen molar-refractivity contribution in [3.8, 4) is 0 Å². The Kier molecular flexibility index (Phi) is 2.36. The first kappa shape index (κ1) is 9.72. The minimum absolute atomic E-state index is 0.243. The molecule has 0 saturated carbocycles. The molecule has 0 saturated heterocycles. The van der Waals surface area contributed by atoms with Gasteiger partial charge in [-0.1, -0.05) is 38.1 Å². The quantitative estimate of drug-likeness (QED) is 0.760. The summed E-state index contributed by atoms with van der Waals surface area (Å²) in [7, 11) is 0. The fraction of sp³-hybridized carbons (Fsp3) is 0.538. The average molecular weight is 189 g/mol. The number of benzene rings is 1. The maximum atomic E-state index is 5.84. The lowest BCUT2D eigenvalue weighted by Gasteiger charge is -2.30. The Balaban J connectivity index is 2.35. The van der Waals surface area contributed by atoms with E-state index in [1.807, 2.05) is 0 Å². The second-order valence-electron chi connectivity index (χ2n) is 4.98. The first-order chi connectivity index (χ1) is 6.65. The monoisotopic (exact) mass is 189 g/mol. The van der Waals surface area contributed by atoms with Crippen LogP contribution in [0, 0.1) is 5.41 Å². The van der Waals surface area contributed by atoms with Crippen LogP contribution in [0.5, 0.6) is 0 Å². The number of nitrogens with two attached hydrogens (primary N) is 1. The summed E-state index contributed by atoms with van der Waals surface area (Å²) < 4.78 is 0. The van der Waals surface area contributed by atoms with Crippen LogP contribution in [0.15, 0.2) is 24.3 Å². The van der Waals surface area contributed by atoms with Gasteiger partial charge in [-0.15, -0.1) is 0 Å². The van der Waals surface area contributed by atoms with E-state index in [9.17, 15) is 0 Å². The normalized spacial score (nSPS) is 20.9. The van der Waals surface area contributed by atoms with Crippen LogP contribution in [0.3, 0.4) is 0 Å². The Labute approximate surface area is 86.3 Å². The van der Waals surface area contributed by atoms with Crippen molar-refractivity contribution in [1.82, 2.24) is 0 Å². The summed E-state index contributed by atoms with van der Waals surface area (Å²) in [5.41, 5.74) is 9.14. The molecule has 2 rings (SSSR count). The van der Waals surface area contributed by atoms with Crippen LogP contribution >= 0.6 is 0 Å². The Morgan fingerprint density at radius 3 is 2.79 bits per heavy atom. The molecule has 1 nitrogen and oxygen atoms in total. The average Bonchev–Trinajstić information content (AvgIpc) is 2.61. The largest absolute Gasteiger partial charge is 0.330 e. The molecular weight excluding hydrogens is 170 g/mol. The van der Waals surface area contributed by atoms with E-state index in [4.69, 9.17) is 5.73 Å². The summed E-state index contributed by atoms with van der Waals surface area (Å²) in [4.78, 5) is 0. The van der Waals surface area contributed by atoms with Crippen LogP contribution < -0.4 is 5.73 Å². The van der Waals surface area contributed by atoms with Gasteiger partial charge in [-0.25, -0.2) is 0 Å². The van der Waals surface area contributed by atoms with Gasteiger partial charge in [-0.2, -0.15) is 0 Å². The van der Waals surface area contributed by atoms with Crippen LogP contribution in [0.4, 0.5) is 0 Å². The lowest BCUT2D eigenvalue weighted by atomic mass is 9.76. The van der Waals surface area contributed by atoms with Crippen molar-refractivity contribution in [1.29, 1.82) is 0 Å². The minimum Gasteiger partial charge on any atom is -0.330 e. The molecular formula is C13H19N. The summed E-state index contributed by atoms with van der Waals surface area (Å²) in [6, 6.07) is 8.80. The summed E-state index contributed by atoms with van der Waals surface area (Å²) in [6.07, 6.45) is 2.49. The molecule has 0 heterocycles. The second kappa shape index (κ2) is 3.39. The maximum Gasteiger partial charge on any atom is -0.00200 e. The molecule has 1 aromatic carbocycles. The van der Waals surface area contributed by atoms with Gasteiger partial charge in [0.25, 0.3) is 0 Å². The van der Waals surface area contributed by atoms with E-state index in [2.05, 4.69) is 38.1 Å². The Morgan fingerprint density at radius 1 is 1.36 bits per heavy atom. The fourth-order valence-electron chi connectivity index (χ4n) is 2.51. The van der Waals surface area contributed by atoms with Crippen molar-refractivity contribution < 1.29 is 0 Å². The third-order valence-electron chi connectivity index (χ3n) is 3.60. The number of hydrogen-bond acceptors (Lipinski definition) is 1.